The Hall–Kier alpha value is -2.35. The maximum absolute atomic E-state index is 12.9. The molecule has 0 spiro atoms. The van der Waals surface area contributed by atoms with E-state index >= 15 is 0 Å². The van der Waals surface area contributed by atoms with Crippen molar-refractivity contribution in [1.82, 2.24) is 4.90 Å². The SMILES string of the molecule is COc1cc(CN(C)C(=O)CSc2ccc(F)cc2)ccc1OC(F)F. The summed E-state index contributed by atoms with van der Waals surface area (Å²) in [5.74, 6) is -0.139. The Kier molecular flexibility index (Phi) is 7.20. The lowest BCUT2D eigenvalue weighted by Gasteiger charge is -2.18. The summed E-state index contributed by atoms with van der Waals surface area (Å²) in [6, 6.07) is 10.4. The van der Waals surface area contributed by atoms with Crippen molar-refractivity contribution in [2.45, 2.75) is 18.1 Å². The lowest BCUT2D eigenvalue weighted by atomic mass is 10.2. The average Bonchev–Trinajstić information content (AvgIpc) is 2.61. The van der Waals surface area contributed by atoms with Crippen molar-refractivity contribution in [3.63, 3.8) is 0 Å². The molecule has 4 nitrogen and oxygen atoms in total. The topological polar surface area (TPSA) is 38.8 Å². The van der Waals surface area contributed by atoms with Crippen LogP contribution in [0.3, 0.4) is 0 Å². The molecule has 26 heavy (non-hydrogen) atoms. The molecule has 0 atom stereocenters. The van der Waals surface area contributed by atoms with Gasteiger partial charge < -0.3 is 14.4 Å². The predicted molar refractivity (Wildman–Crippen MR) is 93.2 cm³/mol. The number of benzene rings is 2. The third-order valence-electron chi connectivity index (χ3n) is 3.47. The molecule has 140 valence electrons. The van der Waals surface area contributed by atoms with Gasteiger partial charge in [0, 0.05) is 18.5 Å². The Morgan fingerprint density at radius 2 is 1.85 bits per heavy atom. The zero-order chi connectivity index (χ0) is 19.1. The minimum atomic E-state index is -2.94. The molecule has 8 heteroatoms. The van der Waals surface area contributed by atoms with Crippen LogP contribution < -0.4 is 9.47 Å². The van der Waals surface area contributed by atoms with Crippen molar-refractivity contribution in [2.24, 2.45) is 0 Å². The molecule has 0 aromatic heterocycles. The van der Waals surface area contributed by atoms with Crippen LogP contribution in [0.2, 0.25) is 0 Å². The number of ether oxygens (including phenoxy) is 2. The predicted octanol–water partition coefficient (Wildman–Crippen LogP) is 4.19. The first-order valence-electron chi connectivity index (χ1n) is 7.63. The highest BCUT2D eigenvalue weighted by Crippen LogP contribution is 2.30. The molecule has 2 rings (SSSR count). The van der Waals surface area contributed by atoms with Crippen LogP contribution in [0.15, 0.2) is 47.4 Å². The summed E-state index contributed by atoms with van der Waals surface area (Å²) in [5, 5.41) is 0. The van der Waals surface area contributed by atoms with E-state index in [1.54, 1.807) is 31.3 Å². The number of halogens is 3. The Bertz CT molecular complexity index is 741. The Labute approximate surface area is 153 Å². The van der Waals surface area contributed by atoms with Gasteiger partial charge in [-0.15, -0.1) is 11.8 Å². The summed E-state index contributed by atoms with van der Waals surface area (Å²) in [4.78, 5) is 14.5. The fourth-order valence-electron chi connectivity index (χ4n) is 2.15. The van der Waals surface area contributed by atoms with Gasteiger partial charge in [-0.05, 0) is 42.0 Å². The van der Waals surface area contributed by atoms with E-state index in [1.807, 2.05) is 0 Å². The highest BCUT2D eigenvalue weighted by atomic mass is 32.2. The van der Waals surface area contributed by atoms with Crippen molar-refractivity contribution in [2.75, 3.05) is 19.9 Å². The monoisotopic (exact) mass is 385 g/mol. The first-order valence-corrected chi connectivity index (χ1v) is 8.61. The first kappa shape index (κ1) is 20.0. The van der Waals surface area contributed by atoms with Crippen molar-refractivity contribution in [1.29, 1.82) is 0 Å². The van der Waals surface area contributed by atoms with E-state index in [0.29, 0.717) is 5.56 Å². The Balaban J connectivity index is 1.94. The van der Waals surface area contributed by atoms with Crippen LogP contribution in [-0.4, -0.2) is 37.3 Å². The second-order valence-electron chi connectivity index (χ2n) is 5.36. The number of rotatable bonds is 8. The molecule has 0 unspecified atom stereocenters. The van der Waals surface area contributed by atoms with Crippen LogP contribution >= 0.6 is 11.8 Å². The standard InChI is InChI=1S/C18H18F3NO3S/c1-22(17(23)11-26-14-6-4-13(19)5-7-14)10-12-3-8-15(25-18(20)21)16(9-12)24-2/h3-9,18H,10-11H2,1-2H3. The third kappa shape index (κ3) is 5.87. The van der Waals surface area contributed by atoms with Gasteiger partial charge in [-0.1, -0.05) is 6.07 Å². The molecule has 1 amide bonds. The molecule has 0 aliphatic rings. The summed E-state index contributed by atoms with van der Waals surface area (Å²) in [6.45, 7) is -2.66. The maximum Gasteiger partial charge on any atom is 0.387 e. The molecule has 0 saturated heterocycles. The number of thioether (sulfide) groups is 1. The normalized spacial score (nSPS) is 10.7. The van der Waals surface area contributed by atoms with Crippen molar-refractivity contribution in [3.8, 4) is 11.5 Å². The smallest absolute Gasteiger partial charge is 0.387 e. The highest BCUT2D eigenvalue weighted by Gasteiger charge is 2.14. The van der Waals surface area contributed by atoms with Crippen LogP contribution in [0, 0.1) is 5.82 Å². The minimum Gasteiger partial charge on any atom is -0.493 e. The molecular weight excluding hydrogens is 367 g/mol. The number of hydrogen-bond donors (Lipinski definition) is 0. The van der Waals surface area contributed by atoms with E-state index in [1.165, 1.54) is 42.0 Å². The number of alkyl halides is 2. The van der Waals surface area contributed by atoms with Gasteiger partial charge in [0.05, 0.1) is 12.9 Å². The van der Waals surface area contributed by atoms with Crippen LogP contribution in [0.1, 0.15) is 5.56 Å². The van der Waals surface area contributed by atoms with Gasteiger partial charge in [0.25, 0.3) is 0 Å². The van der Waals surface area contributed by atoms with Gasteiger partial charge in [0.1, 0.15) is 5.82 Å². The molecule has 0 N–H and O–H groups in total. The number of carbonyl (C=O) groups excluding carboxylic acids is 1. The van der Waals surface area contributed by atoms with Crippen LogP contribution in [0.5, 0.6) is 11.5 Å². The number of methoxy groups -OCH3 is 1. The van der Waals surface area contributed by atoms with Crippen LogP contribution in [0.4, 0.5) is 13.2 Å². The van der Waals surface area contributed by atoms with E-state index in [9.17, 15) is 18.0 Å². The Morgan fingerprint density at radius 1 is 1.15 bits per heavy atom. The zero-order valence-electron chi connectivity index (χ0n) is 14.2. The summed E-state index contributed by atoms with van der Waals surface area (Å²) in [5.41, 5.74) is 0.714. The molecule has 0 heterocycles. The molecule has 2 aromatic rings. The van der Waals surface area contributed by atoms with Gasteiger partial charge in [-0.2, -0.15) is 8.78 Å². The molecule has 2 aromatic carbocycles. The van der Waals surface area contributed by atoms with E-state index in [-0.39, 0.29) is 35.5 Å². The number of amides is 1. The molecule has 0 bridgehead atoms. The average molecular weight is 385 g/mol. The minimum absolute atomic E-state index is 0.0629. The number of carbonyl (C=O) groups is 1. The van der Waals surface area contributed by atoms with E-state index < -0.39 is 6.61 Å². The van der Waals surface area contributed by atoms with E-state index in [0.717, 1.165) is 4.90 Å². The summed E-state index contributed by atoms with van der Waals surface area (Å²) < 4.78 is 47.0. The fourth-order valence-corrected chi connectivity index (χ4v) is 2.99. The lowest BCUT2D eigenvalue weighted by Crippen LogP contribution is -2.27. The van der Waals surface area contributed by atoms with Crippen molar-refractivity contribution >= 4 is 17.7 Å². The van der Waals surface area contributed by atoms with Gasteiger partial charge in [-0.25, -0.2) is 4.39 Å². The second-order valence-corrected chi connectivity index (χ2v) is 6.40. The number of hydrogen-bond acceptors (Lipinski definition) is 4. The first-order chi connectivity index (χ1) is 12.4. The largest absolute Gasteiger partial charge is 0.493 e. The van der Waals surface area contributed by atoms with Gasteiger partial charge in [-0.3, -0.25) is 4.79 Å². The molecule has 0 aliphatic heterocycles. The quantitative estimate of drug-likeness (QED) is 0.639. The molecular formula is C18H18F3NO3S. The highest BCUT2D eigenvalue weighted by molar-refractivity contribution is 8.00. The molecule has 0 radical (unpaired) electrons. The second kappa shape index (κ2) is 9.38. The van der Waals surface area contributed by atoms with Gasteiger partial charge in [0.15, 0.2) is 11.5 Å². The zero-order valence-corrected chi connectivity index (χ0v) is 15.1. The lowest BCUT2D eigenvalue weighted by molar-refractivity contribution is -0.127. The van der Waals surface area contributed by atoms with E-state index in [4.69, 9.17) is 4.74 Å². The van der Waals surface area contributed by atoms with Crippen LogP contribution in [0.25, 0.3) is 0 Å². The number of nitrogens with zero attached hydrogens (tertiary/aromatic N) is 1. The fraction of sp³-hybridized carbons (Fsp3) is 0.278. The van der Waals surface area contributed by atoms with Crippen molar-refractivity contribution in [3.05, 3.63) is 53.8 Å². The van der Waals surface area contributed by atoms with Crippen LogP contribution in [-0.2, 0) is 11.3 Å². The van der Waals surface area contributed by atoms with Gasteiger partial charge >= 0.3 is 6.61 Å². The van der Waals surface area contributed by atoms with E-state index in [2.05, 4.69) is 4.74 Å². The molecule has 0 saturated carbocycles. The summed E-state index contributed by atoms with van der Waals surface area (Å²) in [6.07, 6.45) is 0. The Morgan fingerprint density at radius 3 is 2.46 bits per heavy atom. The third-order valence-corrected chi connectivity index (χ3v) is 4.46. The van der Waals surface area contributed by atoms with Crippen molar-refractivity contribution < 1.29 is 27.4 Å². The summed E-state index contributed by atoms with van der Waals surface area (Å²) in [7, 11) is 3.00. The van der Waals surface area contributed by atoms with Gasteiger partial charge in [0.2, 0.25) is 5.91 Å². The molecule has 0 aliphatic carbocycles. The molecule has 0 fully saturated rings. The summed E-state index contributed by atoms with van der Waals surface area (Å²) >= 11 is 1.31. The maximum atomic E-state index is 12.9.